The first-order valence-corrected chi connectivity index (χ1v) is 9.27. The number of nitrogens with zero attached hydrogens (tertiary/aromatic N) is 2. The van der Waals surface area contributed by atoms with Crippen molar-refractivity contribution in [1.82, 2.24) is 9.55 Å². The zero-order chi connectivity index (χ0) is 15.2. The van der Waals surface area contributed by atoms with Crippen LogP contribution >= 0.6 is 15.9 Å². The predicted molar refractivity (Wildman–Crippen MR) is 93.1 cm³/mol. The standard InChI is InChI=1S/C19H23BrN2/c1-2-19-7-3-4-15-5-6-17(20)16(18(15)19)10-14(11-19)12-22-9-8-21-13-22/h5-6,8-9,13-14H,2-4,7,10-12H2,1H3/t14-,19-/m1/s1. The molecule has 0 radical (unpaired) electrons. The smallest absolute Gasteiger partial charge is 0.0945 e. The molecule has 3 heteroatoms. The summed E-state index contributed by atoms with van der Waals surface area (Å²) < 4.78 is 3.57. The zero-order valence-corrected chi connectivity index (χ0v) is 14.8. The summed E-state index contributed by atoms with van der Waals surface area (Å²) in [5, 5.41) is 0. The van der Waals surface area contributed by atoms with Crippen LogP contribution in [0.1, 0.15) is 49.3 Å². The van der Waals surface area contributed by atoms with E-state index in [1.165, 1.54) is 43.0 Å². The molecule has 0 unspecified atom stereocenters. The van der Waals surface area contributed by atoms with E-state index in [9.17, 15) is 0 Å². The highest BCUT2D eigenvalue weighted by atomic mass is 79.9. The summed E-state index contributed by atoms with van der Waals surface area (Å²) >= 11 is 3.84. The van der Waals surface area contributed by atoms with E-state index < -0.39 is 0 Å². The van der Waals surface area contributed by atoms with E-state index in [0.29, 0.717) is 11.3 Å². The SMILES string of the molecule is CC[C@]12CCCc3ccc(Br)c(c31)C[C@@H](Cn1ccnc1)C2. The van der Waals surface area contributed by atoms with Crippen LogP contribution in [0, 0.1) is 5.92 Å². The molecule has 0 aliphatic heterocycles. The first-order valence-electron chi connectivity index (χ1n) is 8.48. The van der Waals surface area contributed by atoms with Gasteiger partial charge in [0.25, 0.3) is 0 Å². The van der Waals surface area contributed by atoms with Crippen LogP contribution in [0.4, 0.5) is 0 Å². The maximum atomic E-state index is 4.21. The van der Waals surface area contributed by atoms with Gasteiger partial charge in [0.2, 0.25) is 0 Å². The minimum absolute atomic E-state index is 0.413. The Balaban J connectivity index is 1.77. The number of benzene rings is 1. The van der Waals surface area contributed by atoms with Gasteiger partial charge >= 0.3 is 0 Å². The second-order valence-corrected chi connectivity index (χ2v) is 7.94. The topological polar surface area (TPSA) is 17.8 Å². The Labute approximate surface area is 141 Å². The van der Waals surface area contributed by atoms with Crippen molar-refractivity contribution in [3.05, 3.63) is 52.0 Å². The Morgan fingerprint density at radius 1 is 1.41 bits per heavy atom. The summed E-state index contributed by atoms with van der Waals surface area (Å²) in [5.74, 6) is 0.714. The lowest BCUT2D eigenvalue weighted by Gasteiger charge is -2.46. The van der Waals surface area contributed by atoms with Gasteiger partial charge in [-0.05, 0) is 72.6 Å². The highest BCUT2D eigenvalue weighted by Gasteiger charge is 2.42. The average molecular weight is 359 g/mol. The number of aryl methyl sites for hydroxylation is 1. The molecule has 0 bridgehead atoms. The van der Waals surface area contributed by atoms with Gasteiger partial charge in [0, 0.05) is 23.4 Å². The van der Waals surface area contributed by atoms with Gasteiger partial charge in [0.1, 0.15) is 0 Å². The maximum absolute atomic E-state index is 4.21. The Hall–Kier alpha value is -1.09. The van der Waals surface area contributed by atoms with Crippen LogP contribution in [0.25, 0.3) is 0 Å². The van der Waals surface area contributed by atoms with E-state index >= 15 is 0 Å². The summed E-state index contributed by atoms with van der Waals surface area (Å²) in [6.07, 6.45) is 13.7. The molecule has 1 aromatic heterocycles. The number of hydrogen-bond donors (Lipinski definition) is 0. The fraction of sp³-hybridized carbons (Fsp3) is 0.526. The van der Waals surface area contributed by atoms with E-state index in [1.807, 2.05) is 12.5 Å². The first kappa shape index (κ1) is 14.5. The molecule has 4 rings (SSSR count). The minimum atomic E-state index is 0.413. The van der Waals surface area contributed by atoms with Gasteiger partial charge in [0.05, 0.1) is 6.33 Å². The molecule has 0 spiro atoms. The van der Waals surface area contributed by atoms with Crippen LogP contribution in [0.5, 0.6) is 0 Å². The van der Waals surface area contributed by atoms with Gasteiger partial charge in [-0.2, -0.15) is 0 Å². The van der Waals surface area contributed by atoms with Crippen molar-refractivity contribution in [2.45, 2.75) is 57.4 Å². The van der Waals surface area contributed by atoms with Gasteiger partial charge < -0.3 is 4.57 Å². The third-order valence-corrected chi connectivity index (χ3v) is 6.59. The van der Waals surface area contributed by atoms with Crippen molar-refractivity contribution in [1.29, 1.82) is 0 Å². The molecular formula is C19H23BrN2. The summed E-state index contributed by atoms with van der Waals surface area (Å²) in [6, 6.07) is 4.64. The molecule has 0 N–H and O–H groups in total. The molecule has 0 saturated heterocycles. The van der Waals surface area contributed by atoms with E-state index in [0.717, 1.165) is 6.54 Å². The van der Waals surface area contributed by atoms with Gasteiger partial charge in [-0.3, -0.25) is 0 Å². The van der Waals surface area contributed by atoms with Gasteiger partial charge in [-0.15, -0.1) is 0 Å². The normalized spacial score (nSPS) is 26.7. The van der Waals surface area contributed by atoms with Gasteiger partial charge in [0.15, 0.2) is 0 Å². The van der Waals surface area contributed by atoms with Crippen LogP contribution in [0.2, 0.25) is 0 Å². The molecule has 2 aromatic rings. The van der Waals surface area contributed by atoms with Gasteiger partial charge in [-0.1, -0.05) is 28.9 Å². The number of rotatable bonds is 3. The molecule has 2 atom stereocenters. The van der Waals surface area contributed by atoms with E-state index in [4.69, 9.17) is 0 Å². The Bertz CT molecular complexity index is 677. The highest BCUT2D eigenvalue weighted by Crippen LogP contribution is 2.51. The first-order chi connectivity index (χ1) is 10.7. The molecule has 2 aliphatic carbocycles. The van der Waals surface area contributed by atoms with Gasteiger partial charge in [-0.25, -0.2) is 4.98 Å². The second kappa shape index (κ2) is 5.52. The summed E-state index contributed by atoms with van der Waals surface area (Å²) in [6.45, 7) is 3.48. The largest absolute Gasteiger partial charge is 0.337 e. The molecule has 22 heavy (non-hydrogen) atoms. The lowest BCUT2D eigenvalue weighted by molar-refractivity contribution is 0.225. The highest BCUT2D eigenvalue weighted by molar-refractivity contribution is 9.10. The monoisotopic (exact) mass is 358 g/mol. The minimum Gasteiger partial charge on any atom is -0.337 e. The average Bonchev–Trinajstić information content (AvgIpc) is 3.03. The van der Waals surface area contributed by atoms with Crippen molar-refractivity contribution in [2.75, 3.05) is 0 Å². The van der Waals surface area contributed by atoms with Crippen LogP contribution in [-0.2, 0) is 24.8 Å². The van der Waals surface area contributed by atoms with E-state index in [2.05, 4.69) is 50.7 Å². The summed E-state index contributed by atoms with van der Waals surface area (Å²) in [4.78, 5) is 4.21. The number of aromatic nitrogens is 2. The summed E-state index contributed by atoms with van der Waals surface area (Å²) in [5.41, 5.74) is 5.33. The van der Waals surface area contributed by atoms with Crippen LogP contribution in [0.3, 0.4) is 0 Å². The van der Waals surface area contributed by atoms with Crippen LogP contribution < -0.4 is 0 Å². The third kappa shape index (κ3) is 2.25. The predicted octanol–water partition coefficient (Wildman–Crippen LogP) is 4.89. The van der Waals surface area contributed by atoms with Crippen LogP contribution in [-0.4, -0.2) is 9.55 Å². The van der Waals surface area contributed by atoms with Crippen molar-refractivity contribution >= 4 is 15.9 Å². The molecule has 116 valence electrons. The molecular weight excluding hydrogens is 336 g/mol. The van der Waals surface area contributed by atoms with Crippen molar-refractivity contribution < 1.29 is 0 Å². The maximum Gasteiger partial charge on any atom is 0.0945 e. The second-order valence-electron chi connectivity index (χ2n) is 7.08. The molecule has 0 saturated carbocycles. The number of halogens is 1. The quantitative estimate of drug-likeness (QED) is 0.763. The summed E-state index contributed by atoms with van der Waals surface area (Å²) in [7, 11) is 0. The fourth-order valence-electron chi connectivity index (χ4n) is 4.92. The molecule has 0 fully saturated rings. The van der Waals surface area contributed by atoms with Crippen molar-refractivity contribution in [3.8, 4) is 0 Å². The van der Waals surface area contributed by atoms with Crippen LogP contribution in [0.15, 0.2) is 35.3 Å². The number of imidazole rings is 1. The lowest BCUT2D eigenvalue weighted by atomic mass is 9.59. The Kier molecular flexibility index (Phi) is 3.64. The van der Waals surface area contributed by atoms with E-state index in [-0.39, 0.29) is 0 Å². The molecule has 1 aromatic carbocycles. The fourth-order valence-corrected chi connectivity index (χ4v) is 5.41. The molecule has 0 amide bonds. The van der Waals surface area contributed by atoms with E-state index in [1.54, 1.807) is 16.7 Å². The zero-order valence-electron chi connectivity index (χ0n) is 13.2. The third-order valence-electron chi connectivity index (χ3n) is 5.85. The molecule has 2 nitrogen and oxygen atoms in total. The van der Waals surface area contributed by atoms with Crippen molar-refractivity contribution in [2.24, 2.45) is 5.92 Å². The Morgan fingerprint density at radius 3 is 3.09 bits per heavy atom. The number of hydrogen-bond acceptors (Lipinski definition) is 1. The lowest BCUT2D eigenvalue weighted by Crippen LogP contribution is -2.39. The Morgan fingerprint density at radius 2 is 2.32 bits per heavy atom. The van der Waals surface area contributed by atoms with Crippen molar-refractivity contribution in [3.63, 3.8) is 0 Å². The molecule has 2 aliphatic rings. The molecule has 1 heterocycles.